The molecule has 2 unspecified atom stereocenters. The summed E-state index contributed by atoms with van der Waals surface area (Å²) in [6.45, 7) is 3.38. The minimum atomic E-state index is 0.826. The van der Waals surface area contributed by atoms with Crippen molar-refractivity contribution in [1.82, 2.24) is 5.32 Å². The van der Waals surface area contributed by atoms with E-state index >= 15 is 0 Å². The lowest BCUT2D eigenvalue weighted by molar-refractivity contribution is 0.463. The topological polar surface area (TPSA) is 12.0 Å². The Hall–Kier alpha value is -0.340. The van der Waals surface area contributed by atoms with Crippen molar-refractivity contribution in [1.29, 1.82) is 0 Å². The fourth-order valence-corrected chi connectivity index (χ4v) is 3.41. The Morgan fingerprint density at radius 3 is 3.00 bits per heavy atom. The third-order valence-electron chi connectivity index (χ3n) is 3.30. The van der Waals surface area contributed by atoms with Crippen molar-refractivity contribution >= 4 is 11.3 Å². The number of thiophene rings is 1. The summed E-state index contributed by atoms with van der Waals surface area (Å²) in [6, 6.07) is 2.38. The molecule has 0 amide bonds. The van der Waals surface area contributed by atoms with E-state index in [-0.39, 0.29) is 0 Å². The van der Waals surface area contributed by atoms with Gasteiger partial charge in [0.1, 0.15) is 0 Å². The Balaban J connectivity index is 2.09. The van der Waals surface area contributed by atoms with E-state index in [4.69, 9.17) is 0 Å². The van der Waals surface area contributed by atoms with Gasteiger partial charge in [0.2, 0.25) is 0 Å². The largest absolute Gasteiger partial charge is 0.319 e. The molecule has 0 spiro atoms. The van der Waals surface area contributed by atoms with E-state index < -0.39 is 0 Å². The zero-order valence-corrected chi connectivity index (χ0v) is 9.86. The molecule has 2 heteroatoms. The van der Waals surface area contributed by atoms with Gasteiger partial charge in [0, 0.05) is 4.88 Å². The van der Waals surface area contributed by atoms with Crippen LogP contribution in [0.15, 0.2) is 11.4 Å². The second-order valence-electron chi connectivity index (χ2n) is 4.35. The second kappa shape index (κ2) is 4.45. The lowest BCUT2D eigenvalue weighted by atomic mass is 9.90. The number of hydrogen-bond donors (Lipinski definition) is 1. The fraction of sp³-hybridized carbons (Fsp3) is 0.667. The monoisotopic (exact) mass is 209 g/mol. The van der Waals surface area contributed by atoms with Crippen LogP contribution in [0.3, 0.4) is 0 Å². The van der Waals surface area contributed by atoms with Gasteiger partial charge in [-0.3, -0.25) is 0 Å². The highest BCUT2D eigenvalue weighted by atomic mass is 32.1. The standard InChI is InChI=1S/C12H19NS/c1-9-6-11(8-14-9)12-5-3-4-10(12)7-13-2/h6,8,10,12-13H,3-5,7H2,1-2H3. The smallest absolute Gasteiger partial charge is 0.00171 e. The van der Waals surface area contributed by atoms with E-state index in [1.165, 1.54) is 30.7 Å². The van der Waals surface area contributed by atoms with Crippen LogP contribution in [0.25, 0.3) is 0 Å². The Bertz CT molecular complexity index is 292. The lowest BCUT2D eigenvalue weighted by Gasteiger charge is -2.18. The van der Waals surface area contributed by atoms with E-state index in [1.54, 1.807) is 5.56 Å². The van der Waals surface area contributed by atoms with Gasteiger partial charge < -0.3 is 5.32 Å². The summed E-state index contributed by atoms with van der Waals surface area (Å²) in [5, 5.41) is 5.67. The lowest BCUT2D eigenvalue weighted by Crippen LogP contribution is -2.20. The second-order valence-corrected chi connectivity index (χ2v) is 5.46. The molecule has 1 aromatic rings. The molecule has 1 N–H and O–H groups in total. The van der Waals surface area contributed by atoms with Crippen LogP contribution in [0.2, 0.25) is 0 Å². The van der Waals surface area contributed by atoms with Gasteiger partial charge >= 0.3 is 0 Å². The maximum Gasteiger partial charge on any atom is 0.00171 e. The van der Waals surface area contributed by atoms with Gasteiger partial charge in [0.25, 0.3) is 0 Å². The van der Waals surface area contributed by atoms with Crippen molar-refractivity contribution in [3.8, 4) is 0 Å². The van der Waals surface area contributed by atoms with Crippen molar-refractivity contribution in [2.75, 3.05) is 13.6 Å². The average molecular weight is 209 g/mol. The maximum absolute atomic E-state index is 3.32. The quantitative estimate of drug-likeness (QED) is 0.806. The maximum atomic E-state index is 3.32. The number of aryl methyl sites for hydroxylation is 1. The summed E-state index contributed by atoms with van der Waals surface area (Å²) in [7, 11) is 2.06. The third kappa shape index (κ3) is 2.01. The summed E-state index contributed by atoms with van der Waals surface area (Å²) in [5.74, 6) is 1.70. The van der Waals surface area contributed by atoms with Crippen molar-refractivity contribution in [2.24, 2.45) is 5.92 Å². The van der Waals surface area contributed by atoms with Crippen LogP contribution in [0.1, 0.15) is 35.6 Å². The molecule has 78 valence electrons. The Morgan fingerprint density at radius 2 is 2.36 bits per heavy atom. The van der Waals surface area contributed by atoms with Crippen molar-refractivity contribution < 1.29 is 0 Å². The number of nitrogens with one attached hydrogen (secondary N) is 1. The van der Waals surface area contributed by atoms with E-state index in [2.05, 4.69) is 30.7 Å². The normalized spacial score (nSPS) is 27.0. The third-order valence-corrected chi connectivity index (χ3v) is 4.18. The molecule has 0 aromatic carbocycles. The minimum absolute atomic E-state index is 0.826. The average Bonchev–Trinajstić information content (AvgIpc) is 2.74. The highest BCUT2D eigenvalue weighted by molar-refractivity contribution is 7.10. The molecule has 14 heavy (non-hydrogen) atoms. The van der Waals surface area contributed by atoms with E-state index in [1.807, 2.05) is 11.3 Å². The molecule has 0 bridgehead atoms. The molecule has 1 heterocycles. The van der Waals surface area contributed by atoms with Crippen molar-refractivity contribution in [3.05, 3.63) is 21.9 Å². The zero-order chi connectivity index (χ0) is 9.97. The summed E-state index contributed by atoms with van der Waals surface area (Å²) in [4.78, 5) is 1.45. The summed E-state index contributed by atoms with van der Waals surface area (Å²) in [6.07, 6.45) is 4.20. The first-order valence-electron chi connectivity index (χ1n) is 5.51. The molecule has 0 radical (unpaired) electrons. The van der Waals surface area contributed by atoms with Gasteiger partial charge in [-0.1, -0.05) is 6.42 Å². The van der Waals surface area contributed by atoms with Crippen LogP contribution in [-0.4, -0.2) is 13.6 Å². The molecule has 1 aromatic heterocycles. The summed E-state index contributed by atoms with van der Waals surface area (Å²) >= 11 is 1.89. The van der Waals surface area contributed by atoms with Gasteiger partial charge in [-0.2, -0.15) is 0 Å². The zero-order valence-electron chi connectivity index (χ0n) is 9.05. The van der Waals surface area contributed by atoms with Gasteiger partial charge in [0.05, 0.1) is 0 Å². The SMILES string of the molecule is CNCC1CCCC1c1csc(C)c1. The van der Waals surface area contributed by atoms with Gasteiger partial charge in [0.15, 0.2) is 0 Å². The summed E-state index contributed by atoms with van der Waals surface area (Å²) < 4.78 is 0. The minimum Gasteiger partial charge on any atom is -0.319 e. The first-order chi connectivity index (χ1) is 6.81. The first-order valence-corrected chi connectivity index (χ1v) is 6.39. The molecular formula is C12H19NS. The molecule has 1 saturated carbocycles. The highest BCUT2D eigenvalue weighted by Gasteiger charge is 2.28. The van der Waals surface area contributed by atoms with E-state index in [0.717, 1.165) is 11.8 Å². The molecule has 1 aliphatic rings. The van der Waals surface area contributed by atoms with Crippen molar-refractivity contribution in [3.63, 3.8) is 0 Å². The fourth-order valence-electron chi connectivity index (χ4n) is 2.64. The van der Waals surface area contributed by atoms with Crippen LogP contribution < -0.4 is 5.32 Å². The predicted molar refractivity (Wildman–Crippen MR) is 63.1 cm³/mol. The van der Waals surface area contributed by atoms with Crippen LogP contribution >= 0.6 is 11.3 Å². The molecule has 0 aliphatic heterocycles. The number of rotatable bonds is 3. The van der Waals surface area contributed by atoms with E-state index in [0.29, 0.717) is 0 Å². The Morgan fingerprint density at radius 1 is 1.50 bits per heavy atom. The molecule has 1 nitrogen and oxygen atoms in total. The molecule has 2 atom stereocenters. The molecule has 0 saturated heterocycles. The summed E-state index contributed by atoms with van der Waals surface area (Å²) in [5.41, 5.74) is 1.59. The first kappa shape index (κ1) is 10.2. The number of hydrogen-bond acceptors (Lipinski definition) is 2. The van der Waals surface area contributed by atoms with Crippen LogP contribution in [0, 0.1) is 12.8 Å². The van der Waals surface area contributed by atoms with Gasteiger partial charge in [-0.05, 0) is 62.2 Å². The predicted octanol–water partition coefficient (Wildman–Crippen LogP) is 3.16. The van der Waals surface area contributed by atoms with E-state index in [9.17, 15) is 0 Å². The van der Waals surface area contributed by atoms with Crippen LogP contribution in [-0.2, 0) is 0 Å². The Labute approximate surface area is 90.5 Å². The molecule has 2 rings (SSSR count). The molecule has 1 aliphatic carbocycles. The van der Waals surface area contributed by atoms with Crippen molar-refractivity contribution in [2.45, 2.75) is 32.1 Å². The van der Waals surface area contributed by atoms with Gasteiger partial charge in [-0.25, -0.2) is 0 Å². The van der Waals surface area contributed by atoms with Gasteiger partial charge in [-0.15, -0.1) is 11.3 Å². The Kier molecular flexibility index (Phi) is 3.24. The highest BCUT2D eigenvalue weighted by Crippen LogP contribution is 2.40. The van der Waals surface area contributed by atoms with Crippen LogP contribution in [0.4, 0.5) is 0 Å². The molecular weight excluding hydrogens is 190 g/mol. The van der Waals surface area contributed by atoms with Crippen LogP contribution in [0.5, 0.6) is 0 Å². The molecule has 1 fully saturated rings.